The molecule has 2 saturated heterocycles. The Morgan fingerprint density at radius 3 is 0.716 bits per heavy atom. The standard InChI is InChI=1S/C92H58N6O4/c99-89-85-86(90(100)97(89)67-47-59(55-39-43-81-75(51-55)71-31-15-19-35-79(71)93(81)63-21-5-1-6-22-63)45-61(49-67)57-37-41-73-69-29-13-17-33-77(69)95(83(73)53-57)65-25-9-3-10-26-65)88-87(85)91(101)98(92(88)102)68-48-60(56-40-44-82-76(52-56)72-32-16-20-36-80(72)94(82)64-23-7-2-8-24-64)46-62(50-68)58-38-42-74-70-30-14-18-34-78(70)96(84(74)54-58)66-27-11-4-12-28-66/h1-54,85-88H. The maximum Gasteiger partial charge on any atom is 0.238 e. The highest BCUT2D eigenvalue weighted by atomic mass is 16.2. The lowest BCUT2D eigenvalue weighted by Gasteiger charge is -2.36. The molecule has 0 atom stereocenters. The Hall–Kier alpha value is -13.4. The fourth-order valence-electron chi connectivity index (χ4n) is 17.5. The van der Waals surface area contributed by atoms with Crippen molar-refractivity contribution in [2.45, 2.75) is 0 Å². The molecule has 0 N–H and O–H groups in total. The lowest BCUT2D eigenvalue weighted by molar-refractivity contribution is -0.146. The number of carbonyl (C=O) groups is 4. The Morgan fingerprint density at radius 2 is 0.402 bits per heavy atom. The van der Waals surface area contributed by atoms with Gasteiger partial charge in [0.2, 0.25) is 23.6 Å². The second-order valence-corrected chi connectivity index (χ2v) is 27.3. The molecule has 21 rings (SSSR count). The zero-order valence-corrected chi connectivity index (χ0v) is 54.8. The second-order valence-electron chi connectivity index (χ2n) is 27.3. The Bertz CT molecular complexity index is 6190. The number of hydrogen-bond acceptors (Lipinski definition) is 4. The van der Waals surface area contributed by atoms with Crippen molar-refractivity contribution in [3.05, 3.63) is 328 Å². The van der Waals surface area contributed by atoms with Crippen LogP contribution in [0.3, 0.4) is 0 Å². The Kier molecular flexibility index (Phi) is 12.4. The predicted octanol–water partition coefficient (Wildman–Crippen LogP) is 20.7. The van der Waals surface area contributed by atoms with Crippen LogP contribution in [0.4, 0.5) is 11.4 Å². The summed E-state index contributed by atoms with van der Waals surface area (Å²) in [4.78, 5) is 65.5. The van der Waals surface area contributed by atoms with Gasteiger partial charge in [0.1, 0.15) is 0 Å². The number of anilines is 2. The van der Waals surface area contributed by atoms with E-state index >= 15 is 19.2 Å². The first-order valence-corrected chi connectivity index (χ1v) is 34.7. The van der Waals surface area contributed by atoms with Gasteiger partial charge in [-0.3, -0.25) is 19.2 Å². The van der Waals surface area contributed by atoms with E-state index in [2.05, 4.69) is 249 Å². The van der Waals surface area contributed by atoms with Crippen molar-refractivity contribution in [3.8, 4) is 67.3 Å². The number of hydrogen-bond donors (Lipinski definition) is 0. The van der Waals surface area contributed by atoms with E-state index in [4.69, 9.17) is 0 Å². The summed E-state index contributed by atoms with van der Waals surface area (Å²) in [5, 5.41) is 8.68. The first-order chi connectivity index (χ1) is 50.3. The van der Waals surface area contributed by atoms with E-state index < -0.39 is 47.3 Å². The molecular formula is C92H58N6O4. The van der Waals surface area contributed by atoms with Crippen molar-refractivity contribution in [2.75, 3.05) is 9.80 Å². The summed E-state index contributed by atoms with van der Waals surface area (Å²) in [5.74, 6) is -6.16. The van der Waals surface area contributed by atoms with E-state index in [9.17, 15) is 0 Å². The number of benzene rings is 14. The maximum absolute atomic E-state index is 15.7. The summed E-state index contributed by atoms with van der Waals surface area (Å²) < 4.78 is 9.13. The van der Waals surface area contributed by atoms with E-state index in [-0.39, 0.29) is 0 Å². The molecule has 10 heteroatoms. The SMILES string of the molecule is O=C1C2C(C(=O)N1c1cc(-c3ccc4c(c3)c3ccccc3n4-c3ccccc3)cc(-c3ccc4c5ccccc5n(-c5ccccc5)c4c3)c1)C1C(=O)N(c3cc(-c4ccc5c(c4)c4ccccc4n5-c4ccccc4)cc(-c4ccc5c6ccccc6n(-c6ccccc6)c5c4)c3)C(=O)C21. The average molecular weight is 1310 g/mol. The predicted molar refractivity (Wildman–Crippen MR) is 411 cm³/mol. The van der Waals surface area contributed by atoms with Crippen LogP contribution in [-0.2, 0) is 19.2 Å². The molecule has 1 aliphatic carbocycles. The van der Waals surface area contributed by atoms with Crippen molar-refractivity contribution in [2.24, 2.45) is 23.7 Å². The molecular weight excluding hydrogens is 1250 g/mol. The smallest absolute Gasteiger partial charge is 0.238 e. The van der Waals surface area contributed by atoms with Crippen molar-refractivity contribution in [1.29, 1.82) is 0 Å². The number of rotatable bonds is 10. The van der Waals surface area contributed by atoms with Gasteiger partial charge in [-0.2, -0.15) is 0 Å². The summed E-state index contributed by atoms with van der Waals surface area (Å²) >= 11 is 0. The van der Waals surface area contributed by atoms with E-state index in [1.54, 1.807) is 0 Å². The number of carbonyl (C=O) groups excluding carboxylic acids is 4. The molecule has 10 nitrogen and oxygen atoms in total. The zero-order chi connectivity index (χ0) is 67.6. The highest BCUT2D eigenvalue weighted by molar-refractivity contribution is 6.33. The highest BCUT2D eigenvalue weighted by Gasteiger charge is 2.73. The molecule has 480 valence electrons. The molecule has 18 aromatic rings. The van der Waals surface area contributed by atoms with Crippen LogP contribution < -0.4 is 9.80 Å². The number of fused-ring (bicyclic) bond motifs is 16. The minimum atomic E-state index is -1.05. The molecule has 4 aromatic heterocycles. The molecule has 6 heterocycles. The van der Waals surface area contributed by atoms with Crippen molar-refractivity contribution in [3.63, 3.8) is 0 Å². The minimum Gasteiger partial charge on any atom is -0.309 e. The monoisotopic (exact) mass is 1310 g/mol. The summed E-state index contributed by atoms with van der Waals surface area (Å²) in [6, 6.07) is 113. The van der Waals surface area contributed by atoms with Gasteiger partial charge in [0, 0.05) is 65.8 Å². The third-order valence-electron chi connectivity index (χ3n) is 22.0. The van der Waals surface area contributed by atoms with Crippen LogP contribution in [0, 0.1) is 23.7 Å². The normalized spacial score (nSPS) is 16.7. The van der Waals surface area contributed by atoms with Crippen LogP contribution >= 0.6 is 0 Å². The largest absolute Gasteiger partial charge is 0.309 e. The molecule has 0 unspecified atom stereocenters. The summed E-state index contributed by atoms with van der Waals surface area (Å²) in [6.07, 6.45) is 0. The molecule has 102 heavy (non-hydrogen) atoms. The number of amides is 4. The Morgan fingerprint density at radius 1 is 0.167 bits per heavy atom. The lowest BCUT2D eigenvalue weighted by atomic mass is 9.59. The Labute approximate surface area is 584 Å². The molecule has 14 aromatic carbocycles. The van der Waals surface area contributed by atoms with Crippen LogP contribution in [0.25, 0.3) is 154 Å². The van der Waals surface area contributed by atoms with Crippen molar-refractivity contribution < 1.29 is 19.2 Å². The summed E-state index contributed by atoms with van der Waals surface area (Å²) in [5.41, 5.74) is 19.9. The van der Waals surface area contributed by atoms with Crippen LogP contribution in [0.2, 0.25) is 0 Å². The fourth-order valence-corrected chi connectivity index (χ4v) is 17.5. The molecule has 2 aliphatic heterocycles. The van der Waals surface area contributed by atoms with E-state index in [0.29, 0.717) is 11.4 Å². The average Bonchev–Trinajstić information content (AvgIpc) is 1.52. The van der Waals surface area contributed by atoms with Gasteiger partial charge >= 0.3 is 0 Å². The summed E-state index contributed by atoms with van der Waals surface area (Å²) in [7, 11) is 0. The first kappa shape index (κ1) is 57.6. The number of para-hydroxylation sites is 8. The van der Waals surface area contributed by atoms with Gasteiger partial charge in [-0.25, -0.2) is 9.80 Å². The van der Waals surface area contributed by atoms with Crippen LogP contribution in [-0.4, -0.2) is 41.9 Å². The number of aromatic nitrogens is 4. The fraction of sp³-hybridized carbons (Fsp3) is 0.0435. The minimum absolute atomic E-state index is 0.377. The van der Waals surface area contributed by atoms with Crippen LogP contribution in [0.5, 0.6) is 0 Å². The Balaban J connectivity index is 0.692. The molecule has 4 amide bonds. The van der Waals surface area contributed by atoms with Gasteiger partial charge in [-0.1, -0.05) is 182 Å². The van der Waals surface area contributed by atoms with Crippen LogP contribution in [0.1, 0.15) is 0 Å². The van der Waals surface area contributed by atoms with E-state index in [0.717, 1.165) is 154 Å². The molecule has 3 fully saturated rings. The van der Waals surface area contributed by atoms with Crippen LogP contribution in [0.15, 0.2) is 328 Å². The van der Waals surface area contributed by atoms with Gasteiger partial charge in [0.25, 0.3) is 0 Å². The second kappa shape index (κ2) is 22.0. The van der Waals surface area contributed by atoms with Gasteiger partial charge in [0.05, 0.1) is 79.2 Å². The van der Waals surface area contributed by atoms with Gasteiger partial charge in [-0.15, -0.1) is 0 Å². The van der Waals surface area contributed by atoms with Gasteiger partial charge in [-0.05, 0) is 190 Å². The van der Waals surface area contributed by atoms with Crippen molar-refractivity contribution >= 4 is 122 Å². The molecule has 1 saturated carbocycles. The summed E-state index contributed by atoms with van der Waals surface area (Å²) in [6.45, 7) is 0. The number of nitrogens with zero attached hydrogens (tertiary/aromatic N) is 6. The van der Waals surface area contributed by atoms with Crippen molar-refractivity contribution in [1.82, 2.24) is 18.3 Å². The third kappa shape index (κ3) is 8.41. The maximum atomic E-state index is 15.7. The molecule has 0 spiro atoms. The van der Waals surface area contributed by atoms with E-state index in [1.807, 2.05) is 97.1 Å². The molecule has 3 aliphatic rings. The molecule has 0 bridgehead atoms. The zero-order valence-electron chi connectivity index (χ0n) is 54.8. The van der Waals surface area contributed by atoms with Gasteiger partial charge in [0.15, 0.2) is 0 Å². The van der Waals surface area contributed by atoms with Gasteiger partial charge < -0.3 is 18.3 Å². The third-order valence-corrected chi connectivity index (χ3v) is 22.0. The lowest BCUT2D eigenvalue weighted by Crippen LogP contribution is -2.50. The van der Waals surface area contributed by atoms with E-state index in [1.165, 1.54) is 9.80 Å². The topological polar surface area (TPSA) is 94.5 Å². The molecule has 0 radical (unpaired) electrons. The first-order valence-electron chi connectivity index (χ1n) is 34.7. The number of imide groups is 2. The highest BCUT2D eigenvalue weighted by Crippen LogP contribution is 2.59. The quantitative estimate of drug-likeness (QED) is 0.128.